The van der Waals surface area contributed by atoms with Crippen LogP contribution in [0.5, 0.6) is 0 Å². The Morgan fingerprint density at radius 2 is 1.88 bits per heavy atom. The van der Waals surface area contributed by atoms with Crippen molar-refractivity contribution in [3.8, 4) is 0 Å². The van der Waals surface area contributed by atoms with E-state index in [0.29, 0.717) is 19.4 Å². The average molecular weight is 330 g/mol. The van der Waals surface area contributed by atoms with Gasteiger partial charge < -0.3 is 10.0 Å². The van der Waals surface area contributed by atoms with E-state index in [1.807, 2.05) is 6.92 Å². The average Bonchev–Trinajstić information content (AvgIpc) is 3.11. The Kier molecular flexibility index (Phi) is 3.87. The Balaban J connectivity index is 1.87. The van der Waals surface area contributed by atoms with Crippen LogP contribution in [0.1, 0.15) is 46.0 Å². The van der Waals surface area contributed by atoms with Crippen LogP contribution >= 0.6 is 0 Å². The van der Waals surface area contributed by atoms with Gasteiger partial charge in [0.15, 0.2) is 0 Å². The van der Waals surface area contributed by atoms with Crippen molar-refractivity contribution in [2.45, 2.75) is 38.8 Å². The number of aliphatic carboxylic acids is 1. The number of benzene rings is 1. The summed E-state index contributed by atoms with van der Waals surface area (Å²) in [6.07, 6.45) is 0.978. The van der Waals surface area contributed by atoms with Gasteiger partial charge in [0.25, 0.3) is 11.8 Å². The van der Waals surface area contributed by atoms with Gasteiger partial charge in [-0.3, -0.25) is 19.3 Å². The summed E-state index contributed by atoms with van der Waals surface area (Å²) in [4.78, 5) is 51.2. The number of fused-ring (bicyclic) bond motifs is 1. The highest BCUT2D eigenvalue weighted by molar-refractivity contribution is 6.23. The number of amides is 3. The molecule has 1 N–H and O–H groups in total. The third-order valence-corrected chi connectivity index (χ3v) is 4.64. The second kappa shape index (κ2) is 5.74. The highest BCUT2D eigenvalue weighted by atomic mass is 16.4. The molecule has 126 valence electrons. The number of hydrogen-bond acceptors (Lipinski definition) is 4. The van der Waals surface area contributed by atoms with Crippen LogP contribution in [0.15, 0.2) is 18.2 Å². The number of hydrogen-bond donors (Lipinski definition) is 1. The van der Waals surface area contributed by atoms with E-state index in [-0.39, 0.29) is 11.1 Å². The van der Waals surface area contributed by atoms with Gasteiger partial charge in [-0.25, -0.2) is 4.79 Å². The van der Waals surface area contributed by atoms with E-state index in [2.05, 4.69) is 0 Å². The minimum atomic E-state index is -1.06. The fourth-order valence-corrected chi connectivity index (χ4v) is 3.36. The maximum absolute atomic E-state index is 12.7. The minimum absolute atomic E-state index is 0.279. The van der Waals surface area contributed by atoms with Gasteiger partial charge in [-0.1, -0.05) is 11.6 Å². The summed E-state index contributed by atoms with van der Waals surface area (Å²) >= 11 is 0. The number of rotatable bonds is 3. The van der Waals surface area contributed by atoms with E-state index in [9.17, 15) is 24.3 Å². The van der Waals surface area contributed by atoms with Crippen LogP contribution in [0.2, 0.25) is 0 Å². The first-order valence-electron chi connectivity index (χ1n) is 7.84. The van der Waals surface area contributed by atoms with Gasteiger partial charge in [-0.2, -0.15) is 0 Å². The van der Waals surface area contributed by atoms with E-state index < -0.39 is 35.8 Å². The van der Waals surface area contributed by atoms with Crippen molar-refractivity contribution in [2.75, 3.05) is 6.54 Å². The predicted molar refractivity (Wildman–Crippen MR) is 83.5 cm³/mol. The molecule has 1 saturated heterocycles. The summed E-state index contributed by atoms with van der Waals surface area (Å²) in [5.41, 5.74) is 1.42. The zero-order chi connectivity index (χ0) is 17.6. The van der Waals surface area contributed by atoms with Crippen LogP contribution in [0.4, 0.5) is 0 Å². The summed E-state index contributed by atoms with van der Waals surface area (Å²) in [5.74, 6) is -2.59. The SMILES string of the molecule is Cc1ccc2c(c1)C(=O)N(C(C)C(=O)N1CCCC1C(=O)O)C2=O. The number of carboxylic acids is 1. The summed E-state index contributed by atoms with van der Waals surface area (Å²) in [7, 11) is 0. The standard InChI is InChI=1S/C17H18N2O5/c1-9-5-6-11-12(8-9)16(22)19(15(11)21)10(2)14(20)18-7-3-4-13(18)17(23)24/h5-6,8,10,13H,3-4,7H2,1-2H3,(H,23,24). The van der Waals surface area contributed by atoms with Crippen molar-refractivity contribution >= 4 is 23.7 Å². The van der Waals surface area contributed by atoms with Crippen LogP contribution in [-0.2, 0) is 9.59 Å². The molecule has 0 bridgehead atoms. The number of likely N-dealkylation sites (tertiary alicyclic amines) is 1. The third kappa shape index (κ3) is 2.36. The zero-order valence-electron chi connectivity index (χ0n) is 13.5. The van der Waals surface area contributed by atoms with E-state index in [4.69, 9.17) is 0 Å². The number of carbonyl (C=O) groups is 4. The molecule has 2 unspecified atom stereocenters. The Morgan fingerprint density at radius 1 is 1.21 bits per heavy atom. The van der Waals surface area contributed by atoms with E-state index >= 15 is 0 Å². The molecule has 1 aromatic carbocycles. The van der Waals surface area contributed by atoms with Crippen molar-refractivity contribution in [1.82, 2.24) is 9.80 Å². The van der Waals surface area contributed by atoms with E-state index in [0.717, 1.165) is 10.5 Å². The Bertz CT molecular complexity index is 757. The number of carboxylic acid groups (broad SMARTS) is 1. The summed E-state index contributed by atoms with van der Waals surface area (Å²) in [6, 6.07) is 3.02. The molecule has 2 aliphatic heterocycles. The third-order valence-electron chi connectivity index (χ3n) is 4.64. The summed E-state index contributed by atoms with van der Waals surface area (Å²) in [6.45, 7) is 3.60. The van der Waals surface area contributed by atoms with Gasteiger partial charge in [0.2, 0.25) is 5.91 Å². The second-order valence-corrected chi connectivity index (χ2v) is 6.23. The molecular formula is C17H18N2O5. The lowest BCUT2D eigenvalue weighted by molar-refractivity contribution is -0.149. The first-order chi connectivity index (χ1) is 11.3. The maximum atomic E-state index is 12.7. The van der Waals surface area contributed by atoms with Gasteiger partial charge in [0, 0.05) is 6.54 Å². The van der Waals surface area contributed by atoms with Crippen molar-refractivity contribution in [3.05, 3.63) is 34.9 Å². The van der Waals surface area contributed by atoms with Gasteiger partial charge in [0.1, 0.15) is 12.1 Å². The van der Waals surface area contributed by atoms with Gasteiger partial charge in [-0.15, -0.1) is 0 Å². The van der Waals surface area contributed by atoms with Gasteiger partial charge in [0.05, 0.1) is 11.1 Å². The lowest BCUT2D eigenvalue weighted by Gasteiger charge is -2.28. The molecular weight excluding hydrogens is 312 g/mol. The molecule has 3 rings (SSSR count). The first kappa shape index (κ1) is 16.2. The van der Waals surface area contributed by atoms with Crippen molar-refractivity contribution in [2.24, 2.45) is 0 Å². The molecule has 2 aliphatic rings. The zero-order valence-corrected chi connectivity index (χ0v) is 13.5. The molecule has 3 amide bonds. The van der Waals surface area contributed by atoms with Crippen LogP contribution in [0.3, 0.4) is 0 Å². The molecule has 1 fully saturated rings. The van der Waals surface area contributed by atoms with Crippen LogP contribution < -0.4 is 0 Å². The second-order valence-electron chi connectivity index (χ2n) is 6.23. The fourth-order valence-electron chi connectivity index (χ4n) is 3.36. The molecule has 0 saturated carbocycles. The molecule has 0 aliphatic carbocycles. The number of carbonyl (C=O) groups excluding carboxylic acids is 3. The molecule has 2 heterocycles. The fraction of sp³-hybridized carbons (Fsp3) is 0.412. The van der Waals surface area contributed by atoms with Crippen molar-refractivity contribution in [1.29, 1.82) is 0 Å². The predicted octanol–water partition coefficient (Wildman–Crippen LogP) is 1.06. The lowest BCUT2D eigenvalue weighted by atomic mass is 10.1. The molecule has 24 heavy (non-hydrogen) atoms. The van der Waals surface area contributed by atoms with Crippen LogP contribution in [0, 0.1) is 6.92 Å². The summed E-state index contributed by atoms with van der Waals surface area (Å²) in [5, 5.41) is 9.21. The Morgan fingerprint density at radius 3 is 2.54 bits per heavy atom. The van der Waals surface area contributed by atoms with Crippen LogP contribution in [-0.4, -0.2) is 57.2 Å². The maximum Gasteiger partial charge on any atom is 0.326 e. The van der Waals surface area contributed by atoms with E-state index in [1.165, 1.54) is 11.8 Å². The largest absolute Gasteiger partial charge is 0.480 e. The highest BCUT2D eigenvalue weighted by Gasteiger charge is 2.44. The number of nitrogens with zero attached hydrogens (tertiary/aromatic N) is 2. The van der Waals surface area contributed by atoms with Gasteiger partial charge >= 0.3 is 5.97 Å². The highest BCUT2D eigenvalue weighted by Crippen LogP contribution is 2.27. The normalized spacial score (nSPS) is 21.2. The molecule has 7 nitrogen and oxygen atoms in total. The smallest absolute Gasteiger partial charge is 0.326 e. The molecule has 2 atom stereocenters. The Hall–Kier alpha value is -2.70. The van der Waals surface area contributed by atoms with Crippen molar-refractivity contribution in [3.63, 3.8) is 0 Å². The molecule has 1 aromatic rings. The molecule has 0 radical (unpaired) electrons. The molecule has 0 aromatic heterocycles. The minimum Gasteiger partial charge on any atom is -0.480 e. The van der Waals surface area contributed by atoms with E-state index in [1.54, 1.807) is 18.2 Å². The number of imide groups is 1. The quantitative estimate of drug-likeness (QED) is 0.836. The van der Waals surface area contributed by atoms with Crippen molar-refractivity contribution < 1.29 is 24.3 Å². The summed E-state index contributed by atoms with van der Waals surface area (Å²) < 4.78 is 0. The Labute approximate surface area is 138 Å². The molecule has 7 heteroatoms. The number of aryl methyl sites for hydroxylation is 1. The monoisotopic (exact) mass is 330 g/mol. The topological polar surface area (TPSA) is 95.0 Å². The lowest BCUT2D eigenvalue weighted by Crippen LogP contribution is -2.52. The molecule has 0 spiro atoms. The first-order valence-corrected chi connectivity index (χ1v) is 7.84. The van der Waals surface area contributed by atoms with Gasteiger partial charge in [-0.05, 0) is 38.8 Å². The van der Waals surface area contributed by atoms with Crippen LogP contribution in [0.25, 0.3) is 0 Å².